The van der Waals surface area contributed by atoms with Crippen LogP contribution >= 0.6 is 11.6 Å². The van der Waals surface area contributed by atoms with Crippen molar-refractivity contribution < 1.29 is 0 Å². The highest BCUT2D eigenvalue weighted by molar-refractivity contribution is 6.35. The first-order chi connectivity index (χ1) is 8.27. The second kappa shape index (κ2) is 4.35. The summed E-state index contributed by atoms with van der Waals surface area (Å²) in [4.78, 5) is 3.43. The molecule has 1 unspecified atom stereocenters. The van der Waals surface area contributed by atoms with Crippen LogP contribution in [-0.4, -0.2) is 18.1 Å². The topological polar surface area (TPSA) is 27.8 Å². The van der Waals surface area contributed by atoms with Crippen LogP contribution in [0.5, 0.6) is 0 Å². The molecule has 2 nitrogen and oxygen atoms in total. The average molecular weight is 249 g/mol. The van der Waals surface area contributed by atoms with Crippen LogP contribution in [0.3, 0.4) is 0 Å². The van der Waals surface area contributed by atoms with E-state index < -0.39 is 0 Å². The van der Waals surface area contributed by atoms with Crippen LogP contribution in [0.2, 0.25) is 5.02 Å². The molecule has 1 atom stereocenters. The molecule has 2 N–H and O–H groups in total. The lowest BCUT2D eigenvalue weighted by molar-refractivity contribution is 0.462. The summed E-state index contributed by atoms with van der Waals surface area (Å²) in [5.74, 6) is 0.621. The molecule has 2 aromatic rings. The zero-order valence-corrected chi connectivity index (χ0v) is 10.8. The average Bonchev–Trinajstić information content (AvgIpc) is 2.68. The quantitative estimate of drug-likeness (QED) is 0.793. The predicted molar refractivity (Wildman–Crippen MR) is 72.9 cm³/mol. The molecule has 3 rings (SSSR count). The minimum absolute atomic E-state index is 0.621. The van der Waals surface area contributed by atoms with Crippen LogP contribution in [0.4, 0.5) is 0 Å². The Bertz CT molecular complexity index is 538. The van der Waals surface area contributed by atoms with Crippen molar-refractivity contribution in [2.24, 2.45) is 0 Å². The number of hydrogen-bond donors (Lipinski definition) is 2. The summed E-state index contributed by atoms with van der Waals surface area (Å²) in [6, 6.07) is 6.16. The van der Waals surface area contributed by atoms with Crippen LogP contribution in [-0.2, 0) is 0 Å². The third-order valence-electron chi connectivity index (χ3n) is 3.73. The van der Waals surface area contributed by atoms with Crippen LogP contribution in [0.25, 0.3) is 10.9 Å². The molecule has 0 bridgehead atoms. The number of piperidine rings is 1. The number of aromatic nitrogens is 1. The van der Waals surface area contributed by atoms with E-state index in [1.165, 1.54) is 29.5 Å². The second-order valence-corrected chi connectivity index (χ2v) is 5.28. The number of nitrogens with one attached hydrogen (secondary N) is 2. The Morgan fingerprint density at radius 3 is 3.00 bits per heavy atom. The minimum atomic E-state index is 0.621. The van der Waals surface area contributed by atoms with E-state index in [0.717, 1.165) is 23.6 Å². The summed E-state index contributed by atoms with van der Waals surface area (Å²) >= 11 is 6.23. The van der Waals surface area contributed by atoms with Gasteiger partial charge in [0.05, 0.1) is 10.5 Å². The predicted octanol–water partition coefficient (Wildman–Crippen LogP) is 3.60. The molecule has 0 aliphatic carbocycles. The molecule has 0 amide bonds. The number of aryl methyl sites for hydroxylation is 1. The summed E-state index contributed by atoms with van der Waals surface area (Å²) in [5, 5.41) is 5.60. The van der Waals surface area contributed by atoms with Gasteiger partial charge in [-0.2, -0.15) is 0 Å². The molecule has 1 aliphatic rings. The molecule has 0 saturated carbocycles. The van der Waals surface area contributed by atoms with Crippen molar-refractivity contribution in [1.82, 2.24) is 10.3 Å². The fourth-order valence-corrected chi connectivity index (χ4v) is 3.18. The molecular weight excluding hydrogens is 232 g/mol. The standard InChI is InChI=1S/C14H17ClN2/c1-9-13(10-4-3-7-16-8-10)11-5-2-6-12(15)14(11)17-9/h2,5-6,10,16-17H,3-4,7-8H2,1H3. The van der Waals surface area contributed by atoms with E-state index in [-0.39, 0.29) is 0 Å². The van der Waals surface area contributed by atoms with Crippen molar-refractivity contribution in [1.29, 1.82) is 0 Å². The van der Waals surface area contributed by atoms with Gasteiger partial charge >= 0.3 is 0 Å². The van der Waals surface area contributed by atoms with E-state index >= 15 is 0 Å². The van der Waals surface area contributed by atoms with Gasteiger partial charge < -0.3 is 10.3 Å². The van der Waals surface area contributed by atoms with Crippen molar-refractivity contribution in [2.45, 2.75) is 25.7 Å². The summed E-state index contributed by atoms with van der Waals surface area (Å²) in [5.41, 5.74) is 3.81. The van der Waals surface area contributed by atoms with Crippen LogP contribution in [0.1, 0.15) is 30.0 Å². The van der Waals surface area contributed by atoms with E-state index in [1.807, 2.05) is 12.1 Å². The van der Waals surface area contributed by atoms with Crippen molar-refractivity contribution in [3.8, 4) is 0 Å². The summed E-state index contributed by atoms with van der Waals surface area (Å²) in [6.45, 7) is 4.39. The zero-order chi connectivity index (χ0) is 11.8. The zero-order valence-electron chi connectivity index (χ0n) is 10.0. The number of halogens is 1. The largest absolute Gasteiger partial charge is 0.357 e. The lowest BCUT2D eigenvalue weighted by Crippen LogP contribution is -2.28. The molecule has 1 aromatic heterocycles. The first-order valence-electron chi connectivity index (χ1n) is 6.25. The molecule has 1 aromatic carbocycles. The normalized spacial score (nSPS) is 20.9. The lowest BCUT2D eigenvalue weighted by atomic mass is 9.90. The highest BCUT2D eigenvalue weighted by Gasteiger charge is 2.21. The molecular formula is C14H17ClN2. The fraction of sp³-hybridized carbons (Fsp3) is 0.429. The monoisotopic (exact) mass is 248 g/mol. The Hall–Kier alpha value is -0.990. The Kier molecular flexibility index (Phi) is 2.85. The second-order valence-electron chi connectivity index (χ2n) is 4.87. The molecule has 3 heteroatoms. The first kappa shape index (κ1) is 11.1. The van der Waals surface area contributed by atoms with Crippen LogP contribution in [0.15, 0.2) is 18.2 Å². The smallest absolute Gasteiger partial charge is 0.0648 e. The van der Waals surface area contributed by atoms with E-state index in [2.05, 4.69) is 23.3 Å². The Balaban J connectivity index is 2.14. The minimum Gasteiger partial charge on any atom is -0.357 e. The third kappa shape index (κ3) is 1.85. The third-order valence-corrected chi connectivity index (χ3v) is 4.04. The number of para-hydroxylation sites is 1. The molecule has 1 fully saturated rings. The maximum atomic E-state index is 6.23. The van der Waals surface area contributed by atoms with E-state index in [1.54, 1.807) is 0 Å². The molecule has 0 spiro atoms. The fourth-order valence-electron chi connectivity index (χ4n) is 2.96. The Labute approximate surface area is 106 Å². The van der Waals surface area contributed by atoms with Gasteiger partial charge in [-0.3, -0.25) is 0 Å². The molecule has 17 heavy (non-hydrogen) atoms. The van der Waals surface area contributed by atoms with Gasteiger partial charge in [-0.1, -0.05) is 23.7 Å². The number of aromatic amines is 1. The summed E-state index contributed by atoms with van der Waals surface area (Å²) in [6.07, 6.45) is 2.53. The molecule has 2 heterocycles. The summed E-state index contributed by atoms with van der Waals surface area (Å²) < 4.78 is 0. The maximum Gasteiger partial charge on any atom is 0.0648 e. The van der Waals surface area contributed by atoms with Crippen molar-refractivity contribution in [3.05, 3.63) is 34.5 Å². The van der Waals surface area contributed by atoms with Gasteiger partial charge in [0.2, 0.25) is 0 Å². The maximum absolute atomic E-state index is 6.23. The van der Waals surface area contributed by atoms with Crippen molar-refractivity contribution in [3.63, 3.8) is 0 Å². The number of H-pyrrole nitrogens is 1. The SMILES string of the molecule is Cc1[nH]c2c(Cl)cccc2c1C1CCCNC1. The van der Waals surface area contributed by atoms with Gasteiger partial charge in [-0.05, 0) is 43.9 Å². The first-order valence-corrected chi connectivity index (χ1v) is 6.62. The van der Waals surface area contributed by atoms with Gasteiger partial charge in [0.15, 0.2) is 0 Å². The number of benzene rings is 1. The van der Waals surface area contributed by atoms with Gasteiger partial charge in [0.25, 0.3) is 0 Å². The molecule has 0 radical (unpaired) electrons. The molecule has 1 aliphatic heterocycles. The Morgan fingerprint density at radius 2 is 2.24 bits per heavy atom. The van der Waals surface area contributed by atoms with E-state index in [0.29, 0.717) is 5.92 Å². The van der Waals surface area contributed by atoms with E-state index in [9.17, 15) is 0 Å². The molecule has 1 saturated heterocycles. The van der Waals surface area contributed by atoms with Crippen LogP contribution in [0, 0.1) is 6.92 Å². The van der Waals surface area contributed by atoms with Crippen molar-refractivity contribution >= 4 is 22.5 Å². The number of fused-ring (bicyclic) bond motifs is 1. The van der Waals surface area contributed by atoms with E-state index in [4.69, 9.17) is 11.6 Å². The van der Waals surface area contributed by atoms with Gasteiger partial charge in [0, 0.05) is 17.6 Å². The highest BCUT2D eigenvalue weighted by Crippen LogP contribution is 2.35. The molecule has 90 valence electrons. The Morgan fingerprint density at radius 1 is 1.35 bits per heavy atom. The van der Waals surface area contributed by atoms with Gasteiger partial charge in [-0.15, -0.1) is 0 Å². The van der Waals surface area contributed by atoms with Crippen molar-refractivity contribution in [2.75, 3.05) is 13.1 Å². The number of rotatable bonds is 1. The highest BCUT2D eigenvalue weighted by atomic mass is 35.5. The van der Waals surface area contributed by atoms with Crippen LogP contribution < -0.4 is 5.32 Å². The lowest BCUT2D eigenvalue weighted by Gasteiger charge is -2.23. The van der Waals surface area contributed by atoms with Gasteiger partial charge in [-0.25, -0.2) is 0 Å². The number of hydrogen-bond acceptors (Lipinski definition) is 1. The van der Waals surface area contributed by atoms with Gasteiger partial charge in [0.1, 0.15) is 0 Å². The summed E-state index contributed by atoms with van der Waals surface area (Å²) in [7, 11) is 0.